The number of hydrogen-bond donors (Lipinski definition) is 3. The summed E-state index contributed by atoms with van der Waals surface area (Å²) in [6.45, 7) is 3.27. The first-order valence-corrected chi connectivity index (χ1v) is 12.9. The smallest absolute Gasteiger partial charge is 0.268 e. The Kier molecular flexibility index (Phi) is 5.44. The van der Waals surface area contributed by atoms with Crippen molar-refractivity contribution in [1.82, 2.24) is 19.9 Å². The normalized spacial score (nSPS) is 15.6. The summed E-state index contributed by atoms with van der Waals surface area (Å²) >= 11 is 8.32. The average molecular weight is 518 g/mol. The second-order valence-corrected chi connectivity index (χ2v) is 10.8. The number of rotatable bonds is 4. The lowest BCUT2D eigenvalue weighted by Crippen LogP contribution is -2.48. The molecule has 6 rings (SSSR count). The number of aryl methyl sites for hydroxylation is 1. The number of carbonyl (C=O) groups excluding carboxylic acids is 1. The van der Waals surface area contributed by atoms with Crippen LogP contribution in [0.25, 0.3) is 32.4 Å². The van der Waals surface area contributed by atoms with E-state index in [-0.39, 0.29) is 5.69 Å². The maximum atomic E-state index is 12.6. The third-order valence-electron chi connectivity index (χ3n) is 6.93. The molecule has 3 aromatic heterocycles. The number of amides is 1. The Morgan fingerprint density at radius 2 is 1.83 bits per heavy atom. The number of fused-ring (bicyclic) bond motifs is 2. The Labute approximate surface area is 216 Å². The minimum Gasteiger partial charge on any atom is -0.364 e. The Morgan fingerprint density at radius 3 is 2.56 bits per heavy atom. The maximum absolute atomic E-state index is 12.6. The van der Waals surface area contributed by atoms with Crippen molar-refractivity contribution in [2.75, 3.05) is 18.0 Å². The highest BCUT2D eigenvalue weighted by atomic mass is 35.5. The van der Waals surface area contributed by atoms with Gasteiger partial charge in [0.15, 0.2) is 0 Å². The fourth-order valence-electron chi connectivity index (χ4n) is 5.00. The van der Waals surface area contributed by atoms with Gasteiger partial charge in [0.05, 0.1) is 25.6 Å². The van der Waals surface area contributed by atoms with E-state index in [1.165, 1.54) is 11.3 Å². The summed E-state index contributed by atoms with van der Waals surface area (Å²) in [5.41, 5.74) is 16.3. The first-order valence-electron chi connectivity index (χ1n) is 11.7. The molecule has 0 bridgehead atoms. The monoisotopic (exact) mass is 517 g/mol. The predicted octanol–water partition coefficient (Wildman–Crippen LogP) is 4.75. The van der Waals surface area contributed by atoms with E-state index >= 15 is 0 Å². The molecular formula is C26H24ClN7OS. The fourth-order valence-corrected chi connectivity index (χ4v) is 6.23. The number of aromatic nitrogens is 4. The summed E-state index contributed by atoms with van der Waals surface area (Å²) in [5, 5.41) is 2.07. The molecule has 10 heteroatoms. The minimum absolute atomic E-state index is 0.163. The van der Waals surface area contributed by atoms with Gasteiger partial charge >= 0.3 is 0 Å². The van der Waals surface area contributed by atoms with Crippen LogP contribution in [-0.2, 0) is 5.54 Å². The van der Waals surface area contributed by atoms with Crippen LogP contribution in [0, 0.1) is 6.92 Å². The average Bonchev–Trinajstić information content (AvgIpc) is 3.48. The Balaban J connectivity index is 1.38. The van der Waals surface area contributed by atoms with Gasteiger partial charge < -0.3 is 21.4 Å². The molecule has 1 aliphatic rings. The molecular weight excluding hydrogens is 494 g/mol. The van der Waals surface area contributed by atoms with Crippen molar-refractivity contribution in [1.29, 1.82) is 0 Å². The number of aromatic amines is 1. The lowest BCUT2D eigenvalue weighted by molar-refractivity contribution is 0.0997. The Bertz CT molecular complexity index is 1620. The lowest BCUT2D eigenvalue weighted by atomic mass is 9.82. The van der Waals surface area contributed by atoms with E-state index < -0.39 is 11.4 Å². The second-order valence-electron chi connectivity index (χ2n) is 9.18. The van der Waals surface area contributed by atoms with Crippen molar-refractivity contribution >= 4 is 56.0 Å². The Hall–Kier alpha value is -3.53. The number of nitrogens with one attached hydrogen (secondary N) is 1. The number of H-pyrrole nitrogens is 1. The van der Waals surface area contributed by atoms with Gasteiger partial charge in [0.1, 0.15) is 11.3 Å². The standard InChI is InChI=1S/C26H24ClN7OS/c1-14-31-18-8-7-16(20(27)22(18)36-14)17-13-30-24-19(17)21(23(28)35)32-25(33-24)34-11-9-26(29,10-12-34)15-5-3-2-4-6-15/h2-8,13H,9-12,29H2,1H3,(H2,28,35)(H,30,32,33). The molecule has 5 N–H and O–H groups in total. The fraction of sp³-hybridized carbons (Fsp3) is 0.231. The number of thiazole rings is 1. The van der Waals surface area contributed by atoms with E-state index in [0.717, 1.165) is 44.8 Å². The number of piperidine rings is 1. The van der Waals surface area contributed by atoms with Crippen molar-refractivity contribution in [3.8, 4) is 11.1 Å². The molecule has 1 saturated heterocycles. The molecule has 8 nitrogen and oxygen atoms in total. The second kappa shape index (κ2) is 8.55. The Morgan fingerprint density at radius 1 is 1.08 bits per heavy atom. The molecule has 0 atom stereocenters. The van der Waals surface area contributed by atoms with Gasteiger partial charge in [0.25, 0.3) is 5.91 Å². The van der Waals surface area contributed by atoms with Crippen LogP contribution in [-0.4, -0.2) is 38.9 Å². The minimum atomic E-state index is -0.621. The molecule has 36 heavy (non-hydrogen) atoms. The molecule has 1 aliphatic heterocycles. The summed E-state index contributed by atoms with van der Waals surface area (Å²) < 4.78 is 0.899. The number of nitrogens with zero attached hydrogens (tertiary/aromatic N) is 4. The summed E-state index contributed by atoms with van der Waals surface area (Å²) in [5.74, 6) is -0.163. The van der Waals surface area contributed by atoms with Gasteiger partial charge in [-0.25, -0.2) is 9.97 Å². The van der Waals surface area contributed by atoms with Crippen LogP contribution in [0.5, 0.6) is 0 Å². The highest BCUT2D eigenvalue weighted by Crippen LogP contribution is 2.41. The van der Waals surface area contributed by atoms with Gasteiger partial charge in [0, 0.05) is 36.0 Å². The number of carbonyl (C=O) groups is 1. The first kappa shape index (κ1) is 22.9. The molecule has 0 radical (unpaired) electrons. The highest BCUT2D eigenvalue weighted by Gasteiger charge is 2.33. The topological polar surface area (TPSA) is 127 Å². The molecule has 2 aromatic carbocycles. The molecule has 1 amide bonds. The summed E-state index contributed by atoms with van der Waals surface area (Å²) in [6.07, 6.45) is 3.28. The third-order valence-corrected chi connectivity index (χ3v) is 8.44. The zero-order valence-electron chi connectivity index (χ0n) is 19.6. The van der Waals surface area contributed by atoms with E-state index in [4.69, 9.17) is 28.1 Å². The first-order chi connectivity index (χ1) is 17.3. The number of halogens is 1. The predicted molar refractivity (Wildman–Crippen MR) is 145 cm³/mol. The maximum Gasteiger partial charge on any atom is 0.268 e. The van der Waals surface area contributed by atoms with Crippen molar-refractivity contribution in [3.63, 3.8) is 0 Å². The summed E-state index contributed by atoms with van der Waals surface area (Å²) in [7, 11) is 0. The van der Waals surface area contributed by atoms with Gasteiger partial charge in [0.2, 0.25) is 5.95 Å². The van der Waals surface area contributed by atoms with Crippen LogP contribution in [0.4, 0.5) is 5.95 Å². The van der Waals surface area contributed by atoms with E-state index in [1.807, 2.05) is 37.3 Å². The molecule has 0 aliphatic carbocycles. The van der Waals surface area contributed by atoms with Crippen LogP contribution in [0.1, 0.15) is 33.9 Å². The number of nitrogens with two attached hydrogens (primary N) is 2. The zero-order chi connectivity index (χ0) is 25.0. The van der Waals surface area contributed by atoms with Gasteiger partial charge in [-0.05, 0) is 31.4 Å². The van der Waals surface area contributed by atoms with Gasteiger partial charge in [-0.1, -0.05) is 48.0 Å². The molecule has 1 fully saturated rings. The largest absolute Gasteiger partial charge is 0.364 e. The summed E-state index contributed by atoms with van der Waals surface area (Å²) in [4.78, 5) is 31.7. The molecule has 0 spiro atoms. The summed E-state index contributed by atoms with van der Waals surface area (Å²) in [6, 6.07) is 14.0. The quantitative estimate of drug-likeness (QED) is 0.316. The molecule has 0 unspecified atom stereocenters. The SMILES string of the molecule is Cc1nc2ccc(-c3c[nH]c4nc(N5CCC(N)(c6ccccc6)CC5)nc(C(N)=O)c34)c(Cl)c2s1. The highest BCUT2D eigenvalue weighted by molar-refractivity contribution is 7.19. The third kappa shape index (κ3) is 3.71. The van der Waals surface area contributed by atoms with Gasteiger partial charge in [-0.15, -0.1) is 11.3 Å². The van der Waals surface area contributed by atoms with Crippen LogP contribution in [0.15, 0.2) is 48.7 Å². The molecule has 182 valence electrons. The van der Waals surface area contributed by atoms with E-state index in [2.05, 4.69) is 32.0 Å². The number of hydrogen-bond acceptors (Lipinski definition) is 7. The van der Waals surface area contributed by atoms with Crippen molar-refractivity contribution in [3.05, 3.63) is 69.9 Å². The van der Waals surface area contributed by atoms with Crippen LogP contribution >= 0.6 is 22.9 Å². The van der Waals surface area contributed by atoms with Gasteiger partial charge in [-0.2, -0.15) is 4.98 Å². The molecule has 0 saturated carbocycles. The van der Waals surface area contributed by atoms with Crippen molar-refractivity contribution in [2.24, 2.45) is 11.5 Å². The van der Waals surface area contributed by atoms with E-state index in [1.54, 1.807) is 6.20 Å². The number of anilines is 1. The van der Waals surface area contributed by atoms with Crippen LogP contribution in [0.3, 0.4) is 0 Å². The lowest BCUT2D eigenvalue weighted by Gasteiger charge is -2.39. The number of benzene rings is 2. The van der Waals surface area contributed by atoms with E-state index in [0.29, 0.717) is 35.1 Å². The van der Waals surface area contributed by atoms with Crippen molar-refractivity contribution < 1.29 is 4.79 Å². The molecule has 4 heterocycles. The zero-order valence-corrected chi connectivity index (χ0v) is 21.2. The van der Waals surface area contributed by atoms with Crippen LogP contribution in [0.2, 0.25) is 5.02 Å². The number of primary amides is 1. The van der Waals surface area contributed by atoms with Gasteiger partial charge in [-0.3, -0.25) is 4.79 Å². The molecule has 5 aromatic rings. The van der Waals surface area contributed by atoms with E-state index in [9.17, 15) is 4.79 Å². The van der Waals surface area contributed by atoms with Crippen LogP contribution < -0.4 is 16.4 Å². The van der Waals surface area contributed by atoms with Crippen molar-refractivity contribution in [2.45, 2.75) is 25.3 Å².